The monoisotopic (exact) mass is 239 g/mol. The molecule has 0 aliphatic heterocycles. The fourth-order valence-electron chi connectivity index (χ4n) is 2.13. The van der Waals surface area contributed by atoms with E-state index in [4.69, 9.17) is 10.2 Å². The standard InChI is InChI=1S/C11H17N3O3/c1-13(10(6-12)8-2-3-8)7-9-4-5-11(17-9)14(15)16/h4-5,8,10H,2-3,6-7,12H2,1H3. The third kappa shape index (κ3) is 2.83. The van der Waals surface area contributed by atoms with E-state index >= 15 is 0 Å². The first-order valence-corrected chi connectivity index (χ1v) is 5.75. The molecule has 6 heteroatoms. The average molecular weight is 239 g/mol. The fourth-order valence-corrected chi connectivity index (χ4v) is 2.13. The molecule has 2 rings (SSSR count). The molecule has 6 nitrogen and oxygen atoms in total. The summed E-state index contributed by atoms with van der Waals surface area (Å²) in [4.78, 5) is 12.1. The summed E-state index contributed by atoms with van der Waals surface area (Å²) >= 11 is 0. The summed E-state index contributed by atoms with van der Waals surface area (Å²) in [5.41, 5.74) is 5.74. The average Bonchev–Trinajstić information content (AvgIpc) is 2.98. The van der Waals surface area contributed by atoms with E-state index in [1.54, 1.807) is 6.07 Å². The molecule has 1 aliphatic rings. The molecule has 17 heavy (non-hydrogen) atoms. The first kappa shape index (κ1) is 12.1. The highest BCUT2D eigenvalue weighted by atomic mass is 16.6. The quantitative estimate of drug-likeness (QED) is 0.598. The van der Waals surface area contributed by atoms with E-state index in [-0.39, 0.29) is 5.88 Å². The van der Waals surface area contributed by atoms with Gasteiger partial charge in [-0.1, -0.05) is 0 Å². The van der Waals surface area contributed by atoms with Gasteiger partial charge in [0.25, 0.3) is 0 Å². The molecule has 94 valence electrons. The second-order valence-corrected chi connectivity index (χ2v) is 4.55. The van der Waals surface area contributed by atoms with Crippen molar-refractivity contribution in [3.8, 4) is 0 Å². The minimum atomic E-state index is -0.523. The summed E-state index contributed by atoms with van der Waals surface area (Å²) in [6.45, 7) is 1.18. The van der Waals surface area contributed by atoms with Gasteiger partial charge in [-0.15, -0.1) is 0 Å². The Morgan fingerprint density at radius 2 is 2.35 bits per heavy atom. The molecule has 1 saturated carbocycles. The smallest absolute Gasteiger partial charge is 0.404 e. The molecule has 1 unspecified atom stereocenters. The molecule has 1 atom stereocenters. The van der Waals surface area contributed by atoms with Gasteiger partial charge in [-0.05, 0) is 31.9 Å². The topological polar surface area (TPSA) is 85.5 Å². The van der Waals surface area contributed by atoms with Crippen molar-refractivity contribution in [1.29, 1.82) is 0 Å². The van der Waals surface area contributed by atoms with Crippen LogP contribution in [0.4, 0.5) is 5.88 Å². The van der Waals surface area contributed by atoms with Crippen molar-refractivity contribution < 1.29 is 9.34 Å². The van der Waals surface area contributed by atoms with Crippen LogP contribution in [-0.4, -0.2) is 29.5 Å². The molecular weight excluding hydrogens is 222 g/mol. The molecule has 1 aromatic heterocycles. The largest absolute Gasteiger partial charge is 0.433 e. The lowest BCUT2D eigenvalue weighted by Gasteiger charge is -2.25. The Bertz CT molecular complexity index is 400. The molecule has 2 N–H and O–H groups in total. The minimum absolute atomic E-state index is 0.205. The summed E-state index contributed by atoms with van der Waals surface area (Å²) < 4.78 is 5.13. The van der Waals surface area contributed by atoms with Gasteiger partial charge in [0.1, 0.15) is 10.7 Å². The highest BCUT2D eigenvalue weighted by molar-refractivity contribution is 5.17. The number of likely N-dealkylation sites (N-methyl/N-ethyl adjacent to an activating group) is 1. The van der Waals surface area contributed by atoms with Crippen molar-refractivity contribution >= 4 is 5.88 Å². The van der Waals surface area contributed by atoms with Crippen molar-refractivity contribution in [2.75, 3.05) is 13.6 Å². The van der Waals surface area contributed by atoms with E-state index in [0.29, 0.717) is 30.8 Å². The Morgan fingerprint density at radius 1 is 1.65 bits per heavy atom. The van der Waals surface area contributed by atoms with Crippen molar-refractivity contribution in [3.63, 3.8) is 0 Å². The molecule has 0 bridgehead atoms. The molecule has 0 aromatic carbocycles. The number of nitrogens with two attached hydrogens (primary N) is 1. The Kier molecular flexibility index (Phi) is 3.44. The summed E-state index contributed by atoms with van der Waals surface area (Å²) in [5.74, 6) is 1.08. The van der Waals surface area contributed by atoms with Gasteiger partial charge in [0.2, 0.25) is 0 Å². The second-order valence-electron chi connectivity index (χ2n) is 4.55. The van der Waals surface area contributed by atoms with Gasteiger partial charge in [0, 0.05) is 12.6 Å². The molecule has 0 saturated heterocycles. The van der Waals surface area contributed by atoms with Gasteiger partial charge in [-0.3, -0.25) is 15.0 Å². The zero-order chi connectivity index (χ0) is 12.4. The van der Waals surface area contributed by atoms with Crippen LogP contribution >= 0.6 is 0 Å². The summed E-state index contributed by atoms with van der Waals surface area (Å²) in [6.07, 6.45) is 2.45. The van der Waals surface area contributed by atoms with E-state index in [2.05, 4.69) is 4.90 Å². The van der Waals surface area contributed by atoms with E-state index < -0.39 is 4.92 Å². The lowest BCUT2D eigenvalue weighted by molar-refractivity contribution is -0.402. The number of furan rings is 1. The number of hydrogen-bond donors (Lipinski definition) is 1. The van der Waals surface area contributed by atoms with Crippen LogP contribution < -0.4 is 5.73 Å². The van der Waals surface area contributed by atoms with Gasteiger partial charge >= 0.3 is 5.88 Å². The summed E-state index contributed by atoms with van der Waals surface area (Å²) in [7, 11) is 1.98. The van der Waals surface area contributed by atoms with Gasteiger partial charge in [0.15, 0.2) is 0 Å². The normalized spacial score (nSPS) is 17.4. The van der Waals surface area contributed by atoms with Crippen LogP contribution in [0.2, 0.25) is 0 Å². The lowest BCUT2D eigenvalue weighted by Crippen LogP contribution is -2.39. The number of hydrogen-bond acceptors (Lipinski definition) is 5. The second kappa shape index (κ2) is 4.85. The molecular formula is C11H17N3O3. The van der Waals surface area contributed by atoms with Crippen molar-refractivity contribution in [2.24, 2.45) is 11.7 Å². The Labute approximate surface area is 99.5 Å². The van der Waals surface area contributed by atoms with Crippen LogP contribution in [0.15, 0.2) is 16.5 Å². The van der Waals surface area contributed by atoms with Crippen LogP contribution in [0.3, 0.4) is 0 Å². The van der Waals surface area contributed by atoms with Gasteiger partial charge < -0.3 is 10.2 Å². The zero-order valence-electron chi connectivity index (χ0n) is 9.83. The molecule has 1 aliphatic carbocycles. The molecule has 1 aromatic rings. The molecule has 0 radical (unpaired) electrons. The van der Waals surface area contributed by atoms with E-state index in [1.807, 2.05) is 7.05 Å². The number of rotatable bonds is 6. The van der Waals surface area contributed by atoms with E-state index in [9.17, 15) is 10.1 Å². The molecule has 0 spiro atoms. The van der Waals surface area contributed by atoms with E-state index in [0.717, 1.165) is 0 Å². The third-order valence-electron chi connectivity index (χ3n) is 3.21. The highest BCUT2D eigenvalue weighted by Gasteiger charge is 2.33. The first-order valence-electron chi connectivity index (χ1n) is 5.75. The predicted molar refractivity (Wildman–Crippen MR) is 62.4 cm³/mol. The molecule has 1 heterocycles. The van der Waals surface area contributed by atoms with Crippen LogP contribution in [-0.2, 0) is 6.54 Å². The van der Waals surface area contributed by atoms with Crippen molar-refractivity contribution in [1.82, 2.24) is 4.90 Å². The zero-order valence-corrected chi connectivity index (χ0v) is 9.83. The number of nitrogens with zero attached hydrogens (tertiary/aromatic N) is 2. The van der Waals surface area contributed by atoms with Gasteiger partial charge in [-0.2, -0.15) is 0 Å². The third-order valence-corrected chi connectivity index (χ3v) is 3.21. The predicted octanol–water partition coefficient (Wildman–Crippen LogP) is 1.36. The van der Waals surface area contributed by atoms with Crippen molar-refractivity contribution in [3.05, 3.63) is 28.0 Å². The molecule has 1 fully saturated rings. The maximum Gasteiger partial charge on any atom is 0.433 e. The summed E-state index contributed by atoms with van der Waals surface area (Å²) in [6, 6.07) is 3.38. The highest BCUT2D eigenvalue weighted by Crippen LogP contribution is 2.35. The number of nitro groups is 1. The van der Waals surface area contributed by atoms with Crippen LogP contribution in [0.5, 0.6) is 0 Å². The van der Waals surface area contributed by atoms with Gasteiger partial charge in [-0.25, -0.2) is 0 Å². The van der Waals surface area contributed by atoms with Crippen LogP contribution in [0.1, 0.15) is 18.6 Å². The first-order chi connectivity index (χ1) is 8.11. The van der Waals surface area contributed by atoms with E-state index in [1.165, 1.54) is 18.9 Å². The van der Waals surface area contributed by atoms with Gasteiger partial charge in [0.05, 0.1) is 12.6 Å². The summed E-state index contributed by atoms with van der Waals surface area (Å²) in [5, 5.41) is 10.5. The van der Waals surface area contributed by atoms with Crippen molar-refractivity contribution in [2.45, 2.75) is 25.4 Å². The Balaban J connectivity index is 1.96. The minimum Gasteiger partial charge on any atom is -0.404 e. The Morgan fingerprint density at radius 3 is 2.82 bits per heavy atom. The molecule has 0 amide bonds. The maximum atomic E-state index is 10.5. The van der Waals surface area contributed by atoms with Crippen LogP contribution in [0, 0.1) is 16.0 Å². The SMILES string of the molecule is CN(Cc1ccc([N+](=O)[O-])o1)C(CN)C1CC1. The fraction of sp³-hybridized carbons (Fsp3) is 0.636. The lowest BCUT2D eigenvalue weighted by atomic mass is 10.1. The van der Waals surface area contributed by atoms with Crippen LogP contribution in [0.25, 0.3) is 0 Å². The maximum absolute atomic E-state index is 10.5. The Hall–Kier alpha value is -1.40.